The van der Waals surface area contributed by atoms with E-state index in [-0.39, 0.29) is 12.5 Å². The number of aryl methyl sites for hydroxylation is 1. The molecule has 3 aromatic rings. The van der Waals surface area contributed by atoms with Gasteiger partial charge in [-0.2, -0.15) is 0 Å². The van der Waals surface area contributed by atoms with Gasteiger partial charge >= 0.3 is 0 Å². The van der Waals surface area contributed by atoms with Crippen molar-refractivity contribution < 1.29 is 9.53 Å². The second kappa shape index (κ2) is 10.8. The minimum absolute atomic E-state index is 0.0651. The molecule has 2 aromatic heterocycles. The number of nitrogens with zero attached hydrogens (tertiary/aromatic N) is 2. The standard InChI is InChI=1S/C24H28ClN5O2/c1-5-9-27-21-12-15(2)30-23-18(21)7-6-8-22(23)32-14-19-16(3)24(29-13-20(19)25)28-11-10-26-17(4)31/h5-9,12-13H,10-11,14H2,1-4H3,(H,26,31)(H,27,30)(H,28,29)/b9-5-. The maximum Gasteiger partial charge on any atom is 0.216 e. The Morgan fingerprint density at radius 3 is 2.81 bits per heavy atom. The summed E-state index contributed by atoms with van der Waals surface area (Å²) in [5.41, 5.74) is 4.40. The van der Waals surface area contributed by atoms with Crippen LogP contribution in [-0.2, 0) is 11.4 Å². The van der Waals surface area contributed by atoms with Gasteiger partial charge in [0, 0.05) is 48.5 Å². The van der Waals surface area contributed by atoms with Gasteiger partial charge in [-0.3, -0.25) is 4.79 Å². The normalized spacial score (nSPS) is 11.0. The molecule has 0 bridgehead atoms. The number of carbonyl (C=O) groups is 1. The molecular formula is C24H28ClN5O2. The van der Waals surface area contributed by atoms with E-state index in [1.165, 1.54) is 6.92 Å². The number of benzene rings is 1. The second-order valence-corrected chi connectivity index (χ2v) is 7.77. The molecule has 0 aliphatic heterocycles. The van der Waals surface area contributed by atoms with E-state index < -0.39 is 0 Å². The molecule has 2 heterocycles. The first-order valence-corrected chi connectivity index (χ1v) is 10.8. The van der Waals surface area contributed by atoms with Crippen LogP contribution in [0.5, 0.6) is 5.75 Å². The molecule has 0 saturated heterocycles. The minimum Gasteiger partial charge on any atom is -0.487 e. The molecule has 0 aliphatic rings. The lowest BCUT2D eigenvalue weighted by molar-refractivity contribution is -0.118. The zero-order valence-electron chi connectivity index (χ0n) is 18.8. The summed E-state index contributed by atoms with van der Waals surface area (Å²) in [4.78, 5) is 20.1. The van der Waals surface area contributed by atoms with Crippen molar-refractivity contribution in [2.45, 2.75) is 34.3 Å². The number of nitrogens with one attached hydrogen (secondary N) is 3. The summed E-state index contributed by atoms with van der Waals surface area (Å²) in [6.45, 7) is 8.70. The molecule has 32 heavy (non-hydrogen) atoms. The molecule has 0 saturated carbocycles. The largest absolute Gasteiger partial charge is 0.487 e. The summed E-state index contributed by atoms with van der Waals surface area (Å²) in [7, 11) is 0. The number of pyridine rings is 2. The number of anilines is 2. The highest BCUT2D eigenvalue weighted by atomic mass is 35.5. The first-order valence-electron chi connectivity index (χ1n) is 10.4. The highest BCUT2D eigenvalue weighted by Crippen LogP contribution is 2.32. The van der Waals surface area contributed by atoms with Crippen molar-refractivity contribution in [3.63, 3.8) is 0 Å². The monoisotopic (exact) mass is 453 g/mol. The van der Waals surface area contributed by atoms with Gasteiger partial charge in [0.25, 0.3) is 0 Å². The summed E-state index contributed by atoms with van der Waals surface area (Å²) in [6, 6.07) is 7.88. The third-order valence-corrected chi connectivity index (χ3v) is 5.23. The van der Waals surface area contributed by atoms with Gasteiger partial charge in [0.1, 0.15) is 23.7 Å². The SMILES string of the molecule is C/C=C\Nc1cc(C)nc2c(OCc3c(Cl)cnc(NCCNC(C)=O)c3C)cccc12. The molecule has 0 spiro atoms. The number of allylic oxidation sites excluding steroid dienone is 1. The molecule has 0 fully saturated rings. The number of rotatable bonds is 9. The zero-order valence-corrected chi connectivity index (χ0v) is 19.5. The lowest BCUT2D eigenvalue weighted by Crippen LogP contribution is -2.26. The van der Waals surface area contributed by atoms with Crippen LogP contribution in [0.15, 0.2) is 42.7 Å². The Labute approximate surface area is 193 Å². The first-order chi connectivity index (χ1) is 15.4. The molecule has 0 unspecified atom stereocenters. The summed E-state index contributed by atoms with van der Waals surface area (Å²) in [5.74, 6) is 1.33. The Kier molecular flexibility index (Phi) is 7.89. The fraction of sp³-hybridized carbons (Fsp3) is 0.292. The topological polar surface area (TPSA) is 88.2 Å². The van der Waals surface area contributed by atoms with Crippen LogP contribution in [0.3, 0.4) is 0 Å². The molecule has 1 aromatic carbocycles. The number of ether oxygens (including phenoxy) is 1. The third kappa shape index (κ3) is 5.68. The lowest BCUT2D eigenvalue weighted by atomic mass is 10.1. The van der Waals surface area contributed by atoms with Crippen molar-refractivity contribution in [3.8, 4) is 5.75 Å². The van der Waals surface area contributed by atoms with E-state index in [0.717, 1.165) is 33.4 Å². The summed E-state index contributed by atoms with van der Waals surface area (Å²) < 4.78 is 6.19. The molecule has 168 valence electrons. The molecule has 1 amide bonds. The van der Waals surface area contributed by atoms with Crippen molar-refractivity contribution >= 4 is 39.9 Å². The van der Waals surface area contributed by atoms with E-state index in [0.29, 0.717) is 29.7 Å². The Morgan fingerprint density at radius 1 is 1.25 bits per heavy atom. The predicted octanol–water partition coefficient (Wildman–Crippen LogP) is 4.97. The Hall–Kier alpha value is -3.32. The van der Waals surface area contributed by atoms with Crippen molar-refractivity contribution in [1.82, 2.24) is 15.3 Å². The van der Waals surface area contributed by atoms with Crippen LogP contribution in [0.25, 0.3) is 10.9 Å². The molecule has 8 heteroatoms. The smallest absolute Gasteiger partial charge is 0.216 e. The molecule has 3 rings (SSSR count). The fourth-order valence-electron chi connectivity index (χ4n) is 3.30. The first kappa shape index (κ1) is 23.3. The quantitative estimate of drug-likeness (QED) is 0.396. The van der Waals surface area contributed by atoms with E-state index >= 15 is 0 Å². The Bertz CT molecular complexity index is 1150. The Morgan fingerprint density at radius 2 is 2.06 bits per heavy atom. The number of para-hydroxylation sites is 1. The maximum atomic E-state index is 11.0. The summed E-state index contributed by atoms with van der Waals surface area (Å²) in [5, 5.41) is 10.8. The number of carbonyl (C=O) groups excluding carboxylic acids is 1. The maximum absolute atomic E-state index is 11.0. The molecule has 0 aliphatic carbocycles. The third-order valence-electron chi connectivity index (χ3n) is 4.90. The van der Waals surface area contributed by atoms with Crippen LogP contribution < -0.4 is 20.7 Å². The van der Waals surface area contributed by atoms with Crippen LogP contribution in [0.2, 0.25) is 5.02 Å². The molecule has 0 radical (unpaired) electrons. The van der Waals surface area contributed by atoms with Crippen LogP contribution in [0, 0.1) is 13.8 Å². The van der Waals surface area contributed by atoms with Crippen LogP contribution >= 0.6 is 11.6 Å². The van der Waals surface area contributed by atoms with Crippen molar-refractivity contribution in [3.05, 3.63) is 64.6 Å². The van der Waals surface area contributed by atoms with E-state index in [1.54, 1.807) is 6.20 Å². The van der Waals surface area contributed by atoms with Gasteiger partial charge in [0.2, 0.25) is 5.91 Å². The van der Waals surface area contributed by atoms with E-state index in [9.17, 15) is 4.79 Å². The van der Waals surface area contributed by atoms with Crippen molar-refractivity contribution in [2.24, 2.45) is 0 Å². The van der Waals surface area contributed by atoms with E-state index in [4.69, 9.17) is 21.3 Å². The number of hydrogen-bond acceptors (Lipinski definition) is 6. The van der Waals surface area contributed by atoms with Gasteiger partial charge in [-0.1, -0.05) is 29.8 Å². The van der Waals surface area contributed by atoms with Gasteiger partial charge in [0.15, 0.2) is 0 Å². The number of fused-ring (bicyclic) bond motifs is 1. The Balaban J connectivity index is 1.82. The summed E-state index contributed by atoms with van der Waals surface area (Å²) >= 11 is 6.44. The minimum atomic E-state index is -0.0651. The second-order valence-electron chi connectivity index (χ2n) is 7.36. The van der Waals surface area contributed by atoms with E-state index in [2.05, 4.69) is 20.9 Å². The van der Waals surface area contributed by atoms with Gasteiger partial charge in [-0.25, -0.2) is 9.97 Å². The van der Waals surface area contributed by atoms with Crippen molar-refractivity contribution in [2.75, 3.05) is 23.7 Å². The average Bonchev–Trinajstić information content (AvgIpc) is 2.76. The number of hydrogen-bond donors (Lipinski definition) is 3. The molecule has 0 atom stereocenters. The number of aromatic nitrogens is 2. The molecular weight excluding hydrogens is 426 g/mol. The van der Waals surface area contributed by atoms with Crippen LogP contribution in [-0.4, -0.2) is 29.0 Å². The van der Waals surface area contributed by atoms with E-state index in [1.807, 2.05) is 57.3 Å². The fourth-order valence-corrected chi connectivity index (χ4v) is 3.55. The van der Waals surface area contributed by atoms with Gasteiger partial charge in [0.05, 0.1) is 5.02 Å². The zero-order chi connectivity index (χ0) is 23.1. The highest BCUT2D eigenvalue weighted by Gasteiger charge is 2.13. The van der Waals surface area contributed by atoms with Gasteiger partial charge in [-0.15, -0.1) is 0 Å². The lowest BCUT2D eigenvalue weighted by Gasteiger charge is -2.16. The molecule has 3 N–H and O–H groups in total. The summed E-state index contributed by atoms with van der Waals surface area (Å²) in [6.07, 6.45) is 5.44. The average molecular weight is 454 g/mol. The van der Waals surface area contributed by atoms with Crippen LogP contribution in [0.1, 0.15) is 30.7 Å². The van der Waals surface area contributed by atoms with Gasteiger partial charge < -0.3 is 20.7 Å². The van der Waals surface area contributed by atoms with Crippen molar-refractivity contribution in [1.29, 1.82) is 0 Å². The predicted molar refractivity (Wildman–Crippen MR) is 130 cm³/mol. The highest BCUT2D eigenvalue weighted by molar-refractivity contribution is 6.31. The van der Waals surface area contributed by atoms with Crippen LogP contribution in [0.4, 0.5) is 11.5 Å². The number of amides is 1. The number of halogens is 1. The molecule has 7 nitrogen and oxygen atoms in total. The van der Waals surface area contributed by atoms with Gasteiger partial charge in [-0.05, 0) is 44.7 Å².